The van der Waals surface area contributed by atoms with Crippen molar-refractivity contribution in [1.82, 2.24) is 9.88 Å². The van der Waals surface area contributed by atoms with Crippen LogP contribution in [0.3, 0.4) is 0 Å². The van der Waals surface area contributed by atoms with E-state index in [1.807, 2.05) is 12.1 Å². The number of rotatable bonds is 1. The van der Waals surface area contributed by atoms with Crippen LogP contribution >= 0.6 is 0 Å². The van der Waals surface area contributed by atoms with Crippen molar-refractivity contribution < 1.29 is 10.2 Å². The molecule has 1 aromatic heterocycles. The molecule has 1 aromatic carbocycles. The number of piperidine rings is 3. The molecule has 4 aliphatic rings. The standard InChI is InChI=1S/C19H22N2O2/c1-2-10-8-21-17-7-14-13-5-11(23)3-4-16(13)20-19(14)18(21)6-12(10)15(17)9-22/h2-5,12,15,17-18,20,22-23H,6-9H2,1H3/b10-2-/t12?,15?,17-,18-/m0/s1. The molecule has 0 spiro atoms. The lowest BCUT2D eigenvalue weighted by Gasteiger charge is -2.58. The van der Waals surface area contributed by atoms with Gasteiger partial charge in [-0.25, -0.2) is 0 Å². The fourth-order valence-corrected chi connectivity index (χ4v) is 5.35. The first-order valence-corrected chi connectivity index (χ1v) is 8.56. The third-order valence-corrected chi connectivity index (χ3v) is 6.41. The number of aromatic hydroxyl groups is 1. The number of benzene rings is 1. The molecule has 23 heavy (non-hydrogen) atoms. The lowest BCUT2D eigenvalue weighted by molar-refractivity contribution is -0.0503. The minimum Gasteiger partial charge on any atom is -0.508 e. The van der Waals surface area contributed by atoms with Crippen molar-refractivity contribution in [3.05, 3.63) is 41.1 Å². The van der Waals surface area contributed by atoms with E-state index in [1.54, 1.807) is 6.07 Å². The monoisotopic (exact) mass is 310 g/mol. The number of allylic oxidation sites excluding steroid dienone is 1. The number of fused-ring (bicyclic) bond motifs is 4. The number of phenols is 1. The van der Waals surface area contributed by atoms with Gasteiger partial charge in [-0.3, -0.25) is 4.90 Å². The average Bonchev–Trinajstić information content (AvgIpc) is 2.92. The van der Waals surface area contributed by atoms with Gasteiger partial charge in [0.2, 0.25) is 0 Å². The van der Waals surface area contributed by atoms with Crippen molar-refractivity contribution in [2.24, 2.45) is 11.8 Å². The Morgan fingerprint density at radius 3 is 3.04 bits per heavy atom. The number of hydrogen-bond acceptors (Lipinski definition) is 3. The molecule has 6 rings (SSSR count). The fraction of sp³-hybridized carbons (Fsp3) is 0.474. The van der Waals surface area contributed by atoms with Crippen LogP contribution in [-0.2, 0) is 6.42 Å². The Morgan fingerprint density at radius 1 is 1.39 bits per heavy atom. The summed E-state index contributed by atoms with van der Waals surface area (Å²) < 4.78 is 0. The van der Waals surface area contributed by atoms with Gasteiger partial charge in [0.1, 0.15) is 5.75 Å². The number of H-pyrrole nitrogens is 1. The summed E-state index contributed by atoms with van der Waals surface area (Å²) in [5.41, 5.74) is 5.29. The molecule has 0 radical (unpaired) electrons. The highest BCUT2D eigenvalue weighted by molar-refractivity contribution is 5.86. The number of phenolic OH excluding ortho intramolecular Hbond substituents is 1. The molecule has 0 aliphatic carbocycles. The summed E-state index contributed by atoms with van der Waals surface area (Å²) in [4.78, 5) is 6.21. The molecule has 3 saturated heterocycles. The number of aromatic nitrogens is 1. The van der Waals surface area contributed by atoms with E-state index in [0.29, 0.717) is 29.7 Å². The SMILES string of the molecule is C/C=C1/CN2[C@H]3CC1C(CO)[C@@H]2Cc1c3[nH]c2ccc(O)cc12. The summed E-state index contributed by atoms with van der Waals surface area (Å²) in [5, 5.41) is 21.0. The zero-order chi connectivity index (χ0) is 15.7. The van der Waals surface area contributed by atoms with Gasteiger partial charge in [-0.15, -0.1) is 0 Å². The van der Waals surface area contributed by atoms with Crippen molar-refractivity contribution in [3.8, 4) is 5.75 Å². The topological polar surface area (TPSA) is 59.5 Å². The van der Waals surface area contributed by atoms with Crippen LogP contribution in [0.25, 0.3) is 10.9 Å². The lowest BCUT2D eigenvalue weighted by Crippen LogP contribution is -2.60. The van der Waals surface area contributed by atoms with Gasteiger partial charge in [-0.1, -0.05) is 11.6 Å². The molecule has 0 amide bonds. The molecule has 0 saturated carbocycles. The van der Waals surface area contributed by atoms with Crippen LogP contribution in [0.5, 0.6) is 5.75 Å². The first-order valence-electron chi connectivity index (χ1n) is 8.56. The maximum absolute atomic E-state index is 9.99. The van der Waals surface area contributed by atoms with E-state index in [1.165, 1.54) is 16.8 Å². The summed E-state index contributed by atoms with van der Waals surface area (Å²) in [6.45, 7) is 3.42. The minimum absolute atomic E-state index is 0.263. The van der Waals surface area contributed by atoms with Gasteiger partial charge in [0.15, 0.2) is 0 Å². The molecule has 4 aliphatic heterocycles. The van der Waals surface area contributed by atoms with E-state index in [2.05, 4.69) is 22.9 Å². The highest BCUT2D eigenvalue weighted by Gasteiger charge is 2.52. The van der Waals surface area contributed by atoms with E-state index in [4.69, 9.17) is 0 Å². The number of nitrogens with one attached hydrogen (secondary N) is 1. The van der Waals surface area contributed by atoms with Crippen molar-refractivity contribution >= 4 is 10.9 Å². The van der Waals surface area contributed by atoms with Crippen LogP contribution in [-0.4, -0.2) is 39.3 Å². The third kappa shape index (κ3) is 1.68. The molecule has 2 aromatic rings. The predicted octanol–water partition coefficient (Wildman–Crippen LogP) is 2.73. The Balaban J connectivity index is 1.68. The lowest BCUT2D eigenvalue weighted by atomic mass is 9.64. The molecule has 4 bridgehead atoms. The molecule has 3 fully saturated rings. The number of hydrogen-bond donors (Lipinski definition) is 3. The van der Waals surface area contributed by atoms with Crippen molar-refractivity contribution in [1.29, 1.82) is 0 Å². The molecule has 120 valence electrons. The van der Waals surface area contributed by atoms with Gasteiger partial charge in [0.05, 0.1) is 6.04 Å². The Bertz CT molecular complexity index is 822. The highest BCUT2D eigenvalue weighted by atomic mass is 16.3. The first kappa shape index (κ1) is 13.6. The van der Waals surface area contributed by atoms with Crippen LogP contribution in [0.2, 0.25) is 0 Å². The van der Waals surface area contributed by atoms with Gasteiger partial charge in [-0.05, 0) is 49.4 Å². The Morgan fingerprint density at radius 2 is 2.26 bits per heavy atom. The Hall–Kier alpha value is -1.78. The summed E-state index contributed by atoms with van der Waals surface area (Å²) in [5.74, 6) is 1.17. The second kappa shape index (κ2) is 4.62. The van der Waals surface area contributed by atoms with Crippen LogP contribution in [0.1, 0.15) is 30.6 Å². The highest BCUT2D eigenvalue weighted by Crippen LogP contribution is 2.54. The van der Waals surface area contributed by atoms with Crippen LogP contribution in [0, 0.1) is 11.8 Å². The normalized spacial score (nSPS) is 36.6. The number of nitrogens with zero attached hydrogens (tertiary/aromatic N) is 1. The minimum atomic E-state index is 0.263. The zero-order valence-corrected chi connectivity index (χ0v) is 13.3. The second-order valence-electron chi connectivity index (χ2n) is 7.26. The van der Waals surface area contributed by atoms with Crippen molar-refractivity contribution in [2.75, 3.05) is 13.2 Å². The largest absolute Gasteiger partial charge is 0.508 e. The summed E-state index contributed by atoms with van der Waals surface area (Å²) >= 11 is 0. The predicted molar refractivity (Wildman–Crippen MR) is 89.3 cm³/mol. The fourth-order valence-electron chi connectivity index (χ4n) is 5.35. The molecule has 5 heterocycles. The summed E-state index contributed by atoms with van der Waals surface area (Å²) in [6, 6.07) is 6.44. The maximum atomic E-state index is 9.99. The van der Waals surface area contributed by atoms with E-state index in [0.717, 1.165) is 30.3 Å². The Labute approximate surface area is 135 Å². The number of aliphatic hydroxyl groups is 1. The molecule has 3 unspecified atom stereocenters. The van der Waals surface area contributed by atoms with E-state index in [-0.39, 0.29) is 6.61 Å². The smallest absolute Gasteiger partial charge is 0.116 e. The molecule has 4 nitrogen and oxygen atoms in total. The molecular formula is C19H22N2O2. The average molecular weight is 310 g/mol. The first-order chi connectivity index (χ1) is 11.2. The van der Waals surface area contributed by atoms with Gasteiger partial charge < -0.3 is 15.2 Å². The summed E-state index contributed by atoms with van der Waals surface area (Å²) in [7, 11) is 0. The van der Waals surface area contributed by atoms with Crippen molar-refractivity contribution in [2.45, 2.75) is 31.8 Å². The van der Waals surface area contributed by atoms with Gasteiger partial charge >= 0.3 is 0 Å². The molecule has 5 atom stereocenters. The molecule has 3 N–H and O–H groups in total. The van der Waals surface area contributed by atoms with Crippen LogP contribution < -0.4 is 0 Å². The summed E-state index contributed by atoms with van der Waals surface area (Å²) in [6.07, 6.45) is 4.31. The number of aliphatic hydroxyl groups excluding tert-OH is 1. The maximum Gasteiger partial charge on any atom is 0.116 e. The second-order valence-corrected chi connectivity index (χ2v) is 7.26. The molecule has 4 heteroatoms. The number of aromatic amines is 1. The van der Waals surface area contributed by atoms with Crippen molar-refractivity contribution in [3.63, 3.8) is 0 Å². The third-order valence-electron chi connectivity index (χ3n) is 6.41. The quantitative estimate of drug-likeness (QED) is 0.710. The van der Waals surface area contributed by atoms with E-state index < -0.39 is 0 Å². The van der Waals surface area contributed by atoms with Gasteiger partial charge in [0, 0.05) is 41.7 Å². The zero-order valence-electron chi connectivity index (χ0n) is 13.3. The van der Waals surface area contributed by atoms with Gasteiger partial charge in [0.25, 0.3) is 0 Å². The van der Waals surface area contributed by atoms with Gasteiger partial charge in [-0.2, -0.15) is 0 Å². The van der Waals surface area contributed by atoms with Crippen LogP contribution in [0.15, 0.2) is 29.8 Å². The van der Waals surface area contributed by atoms with E-state index in [9.17, 15) is 10.2 Å². The van der Waals surface area contributed by atoms with Crippen LogP contribution in [0.4, 0.5) is 0 Å². The van der Waals surface area contributed by atoms with E-state index >= 15 is 0 Å². The Kier molecular flexibility index (Phi) is 2.74. The molecular weight excluding hydrogens is 288 g/mol.